The van der Waals surface area contributed by atoms with E-state index in [1.165, 1.54) is 10.8 Å². The zero-order valence-corrected chi connectivity index (χ0v) is 7.97. The monoisotopic (exact) mass is 176 g/mol. The van der Waals surface area contributed by atoms with E-state index in [1.807, 2.05) is 23.2 Å². The first-order chi connectivity index (χ1) is 5.70. The Bertz CT molecular complexity index is 436. The van der Waals surface area contributed by atoms with Gasteiger partial charge in [-0.15, -0.1) is 0 Å². The van der Waals surface area contributed by atoms with Gasteiger partial charge in [0.05, 0.1) is 0 Å². The second-order valence-corrected chi connectivity index (χ2v) is 3.36. The minimum Gasteiger partial charge on any atom is -0.275 e. The molecule has 0 N–H and O–H groups in total. The van der Waals surface area contributed by atoms with E-state index >= 15 is 0 Å². The molecule has 0 unspecified atom stereocenters. The highest BCUT2D eigenvalue weighted by atomic mass is 32.1. The highest BCUT2D eigenvalue weighted by Crippen LogP contribution is 2.15. The molecule has 2 nitrogen and oxygen atoms in total. The topological polar surface area (TPSA) is 17.8 Å². The number of fused-ring (bicyclic) bond motifs is 1. The second kappa shape index (κ2) is 2.56. The maximum absolute atomic E-state index is 4.32. The Morgan fingerprint density at radius 1 is 1.58 bits per heavy atom. The Morgan fingerprint density at radius 2 is 2.33 bits per heavy atom. The minimum absolute atomic E-state index is 0.941. The number of aryl methyl sites for hydroxylation is 1. The molecule has 2 aromatic rings. The zero-order chi connectivity index (χ0) is 8.72. The van der Waals surface area contributed by atoms with Crippen molar-refractivity contribution in [1.29, 1.82) is 0 Å². The highest BCUT2D eigenvalue weighted by Gasteiger charge is 2.04. The van der Waals surface area contributed by atoms with E-state index < -0.39 is 0 Å². The molecule has 0 aliphatic rings. The summed E-state index contributed by atoms with van der Waals surface area (Å²) in [6.45, 7) is 2.02. The first-order valence-electron chi connectivity index (χ1n) is 3.83. The molecular formula is C8H9BN2S. The van der Waals surface area contributed by atoms with Crippen molar-refractivity contribution < 1.29 is 0 Å². The summed E-state index contributed by atoms with van der Waals surface area (Å²) < 4.78 is 1.81. The number of nitrogens with zero attached hydrogens (tertiary/aromatic N) is 2. The van der Waals surface area contributed by atoms with E-state index in [0.29, 0.717) is 0 Å². The van der Waals surface area contributed by atoms with Crippen LogP contribution < -0.4 is 5.46 Å². The summed E-state index contributed by atoms with van der Waals surface area (Å²) in [7, 11) is 2.08. The van der Waals surface area contributed by atoms with Gasteiger partial charge in [-0.2, -0.15) is 0 Å². The summed E-state index contributed by atoms with van der Waals surface area (Å²) in [5.41, 5.74) is 3.31. The number of pyridine rings is 1. The third-order valence-corrected chi connectivity index (χ3v) is 2.58. The molecule has 0 atom stereocenters. The molecule has 0 saturated heterocycles. The van der Waals surface area contributed by atoms with Crippen LogP contribution in [0.4, 0.5) is 0 Å². The maximum atomic E-state index is 4.32. The first-order valence-corrected chi connectivity index (χ1v) is 4.23. The molecule has 60 valence electrons. The molecule has 0 aromatic carbocycles. The molecule has 0 radical (unpaired) electrons. The van der Waals surface area contributed by atoms with Gasteiger partial charge in [-0.1, -0.05) is 18.3 Å². The fraction of sp³-hybridized carbons (Fsp3) is 0.125. The predicted octanol–water partition coefficient (Wildman–Crippen LogP) is 0.296. The van der Waals surface area contributed by atoms with E-state index in [1.54, 1.807) is 0 Å². The van der Waals surface area contributed by atoms with E-state index in [9.17, 15) is 0 Å². The lowest BCUT2D eigenvalue weighted by molar-refractivity contribution is 1.19. The molecule has 0 aliphatic heterocycles. The van der Waals surface area contributed by atoms with Crippen LogP contribution in [0.15, 0.2) is 18.3 Å². The maximum Gasteiger partial charge on any atom is 0.149 e. The van der Waals surface area contributed by atoms with Gasteiger partial charge >= 0.3 is 0 Å². The lowest BCUT2D eigenvalue weighted by Crippen LogP contribution is -2.02. The van der Waals surface area contributed by atoms with Crippen LogP contribution in [-0.2, 0) is 0 Å². The summed E-state index contributed by atoms with van der Waals surface area (Å²) in [5.74, 6) is 0. The summed E-state index contributed by atoms with van der Waals surface area (Å²) in [5, 5.41) is 1.19. The normalized spacial score (nSPS) is 10.8. The predicted molar refractivity (Wildman–Crippen MR) is 57.0 cm³/mol. The molecule has 2 aromatic heterocycles. The van der Waals surface area contributed by atoms with Crippen LogP contribution in [0, 0.1) is 6.92 Å². The van der Waals surface area contributed by atoms with Gasteiger partial charge in [0.25, 0.3) is 0 Å². The van der Waals surface area contributed by atoms with E-state index in [-0.39, 0.29) is 0 Å². The molecule has 0 saturated carbocycles. The van der Waals surface area contributed by atoms with Gasteiger partial charge < -0.3 is 0 Å². The fourth-order valence-corrected chi connectivity index (χ4v) is 1.56. The number of thiol groups is 1. The summed E-state index contributed by atoms with van der Waals surface area (Å²) in [4.78, 5) is 4.25. The fourth-order valence-electron chi connectivity index (χ4n) is 1.34. The van der Waals surface area contributed by atoms with Crippen molar-refractivity contribution in [3.63, 3.8) is 0 Å². The van der Waals surface area contributed by atoms with Crippen LogP contribution >= 0.6 is 12.8 Å². The van der Waals surface area contributed by atoms with Crippen LogP contribution in [-0.4, -0.2) is 16.8 Å². The Balaban J connectivity index is 2.95. The third kappa shape index (κ3) is 0.949. The average molecular weight is 176 g/mol. The molecule has 12 heavy (non-hydrogen) atoms. The van der Waals surface area contributed by atoms with Gasteiger partial charge in [0.1, 0.15) is 13.5 Å². The zero-order valence-electron chi connectivity index (χ0n) is 7.07. The van der Waals surface area contributed by atoms with Crippen molar-refractivity contribution in [2.75, 3.05) is 0 Å². The molecule has 2 heterocycles. The van der Waals surface area contributed by atoms with E-state index in [2.05, 4.69) is 31.7 Å². The first kappa shape index (κ1) is 7.74. The van der Waals surface area contributed by atoms with Gasteiger partial charge in [0, 0.05) is 17.3 Å². The molecular weight excluding hydrogens is 167 g/mol. The third-order valence-electron chi connectivity index (χ3n) is 2.08. The van der Waals surface area contributed by atoms with Crippen molar-refractivity contribution in [2.24, 2.45) is 0 Å². The summed E-state index contributed by atoms with van der Waals surface area (Å²) in [6, 6.07) is 4.11. The number of hydrogen-bond donors (Lipinski definition) is 1. The standard InChI is InChI=1S/C8H9BN2S/c1-5-4-6-7(9)2-3-10-8(6)11(5)12/h2-4,12H,9H2,1H3. The number of aromatic nitrogens is 2. The SMILES string of the molecule is Bc1ccnc2c1cc(C)n2S. The van der Waals surface area contributed by atoms with Gasteiger partial charge in [-0.05, 0) is 19.1 Å². The Hall–Kier alpha value is -0.895. The van der Waals surface area contributed by atoms with Gasteiger partial charge in [-0.3, -0.25) is 3.97 Å². The molecule has 0 spiro atoms. The smallest absolute Gasteiger partial charge is 0.149 e. The number of hydrogen-bond acceptors (Lipinski definition) is 2. The molecule has 0 amide bonds. The van der Waals surface area contributed by atoms with Crippen LogP contribution in [0.25, 0.3) is 11.0 Å². The van der Waals surface area contributed by atoms with Crippen molar-refractivity contribution in [1.82, 2.24) is 8.96 Å². The van der Waals surface area contributed by atoms with Gasteiger partial charge in [-0.25, -0.2) is 4.98 Å². The molecule has 2 rings (SSSR count). The summed E-state index contributed by atoms with van der Waals surface area (Å²) >= 11 is 4.32. The van der Waals surface area contributed by atoms with Crippen LogP contribution in [0.5, 0.6) is 0 Å². The van der Waals surface area contributed by atoms with Crippen molar-refractivity contribution in [2.45, 2.75) is 6.92 Å². The summed E-state index contributed by atoms with van der Waals surface area (Å²) in [6.07, 6.45) is 1.81. The molecule has 0 fully saturated rings. The van der Waals surface area contributed by atoms with E-state index in [0.717, 1.165) is 11.3 Å². The lowest BCUT2D eigenvalue weighted by Gasteiger charge is -1.96. The lowest BCUT2D eigenvalue weighted by atomic mass is 9.94. The Morgan fingerprint density at radius 3 is 3.00 bits per heavy atom. The minimum atomic E-state index is 0.941. The van der Waals surface area contributed by atoms with Gasteiger partial charge in [0.2, 0.25) is 0 Å². The molecule has 0 bridgehead atoms. The number of rotatable bonds is 0. The van der Waals surface area contributed by atoms with Crippen molar-refractivity contribution in [3.8, 4) is 0 Å². The van der Waals surface area contributed by atoms with Crippen molar-refractivity contribution in [3.05, 3.63) is 24.0 Å². The quantitative estimate of drug-likeness (QED) is 0.451. The molecule has 0 aliphatic carbocycles. The van der Waals surface area contributed by atoms with E-state index in [4.69, 9.17) is 0 Å². The average Bonchev–Trinajstić information content (AvgIpc) is 2.32. The second-order valence-electron chi connectivity index (χ2n) is 2.96. The Labute approximate surface area is 77.6 Å². The molecule has 4 heteroatoms. The van der Waals surface area contributed by atoms with Crippen LogP contribution in [0.1, 0.15) is 5.69 Å². The van der Waals surface area contributed by atoms with Gasteiger partial charge in [0.15, 0.2) is 0 Å². The van der Waals surface area contributed by atoms with Crippen LogP contribution in [0.2, 0.25) is 0 Å². The van der Waals surface area contributed by atoms with Crippen molar-refractivity contribution >= 4 is 37.2 Å². The van der Waals surface area contributed by atoms with Crippen LogP contribution in [0.3, 0.4) is 0 Å². The highest BCUT2D eigenvalue weighted by molar-refractivity contribution is 7.78. The Kier molecular flexibility index (Phi) is 1.65. The largest absolute Gasteiger partial charge is 0.275 e.